The van der Waals surface area contributed by atoms with E-state index in [1.54, 1.807) is 0 Å². The van der Waals surface area contributed by atoms with E-state index < -0.39 is 0 Å². The van der Waals surface area contributed by atoms with Gasteiger partial charge in [-0.3, -0.25) is 4.79 Å². The Bertz CT molecular complexity index is 399. The van der Waals surface area contributed by atoms with Crippen LogP contribution in [0.2, 0.25) is 0 Å². The molecule has 1 aliphatic rings. The largest absolute Gasteiger partial charge is 0.377 e. The lowest BCUT2D eigenvalue weighted by Gasteiger charge is -2.27. The fraction of sp³-hybridized carbons (Fsp3) is 0.588. The molecular formula is C17H25NO2. The SMILES string of the molecule is CN(CCCC(=O)c1ccccc1)CC1CCCCO1. The Morgan fingerprint density at radius 3 is 2.80 bits per heavy atom. The topological polar surface area (TPSA) is 29.5 Å². The summed E-state index contributed by atoms with van der Waals surface area (Å²) in [6.45, 7) is 2.85. The monoisotopic (exact) mass is 275 g/mol. The number of nitrogens with zero attached hydrogens (tertiary/aromatic N) is 1. The van der Waals surface area contributed by atoms with Crippen LogP contribution in [0.1, 0.15) is 42.5 Å². The van der Waals surface area contributed by atoms with Crippen LogP contribution in [0.25, 0.3) is 0 Å². The third-order valence-corrected chi connectivity index (χ3v) is 3.83. The highest BCUT2D eigenvalue weighted by Crippen LogP contribution is 2.13. The van der Waals surface area contributed by atoms with E-state index in [1.807, 2.05) is 30.3 Å². The van der Waals surface area contributed by atoms with E-state index >= 15 is 0 Å². The van der Waals surface area contributed by atoms with Crippen LogP contribution in [0.4, 0.5) is 0 Å². The zero-order valence-corrected chi connectivity index (χ0v) is 12.4. The number of rotatable bonds is 7. The van der Waals surface area contributed by atoms with Crippen molar-refractivity contribution in [2.24, 2.45) is 0 Å². The second-order valence-corrected chi connectivity index (χ2v) is 5.64. The molecule has 1 atom stereocenters. The average molecular weight is 275 g/mol. The first-order valence-electron chi connectivity index (χ1n) is 7.64. The first-order chi connectivity index (χ1) is 9.75. The molecular weight excluding hydrogens is 250 g/mol. The highest BCUT2D eigenvalue weighted by atomic mass is 16.5. The summed E-state index contributed by atoms with van der Waals surface area (Å²) >= 11 is 0. The van der Waals surface area contributed by atoms with E-state index in [-0.39, 0.29) is 5.78 Å². The highest BCUT2D eigenvalue weighted by molar-refractivity contribution is 5.95. The number of likely N-dealkylation sites (N-methyl/N-ethyl adjacent to an activating group) is 1. The number of ketones is 1. The first-order valence-corrected chi connectivity index (χ1v) is 7.64. The van der Waals surface area contributed by atoms with Crippen molar-refractivity contribution in [1.82, 2.24) is 4.90 Å². The smallest absolute Gasteiger partial charge is 0.162 e. The van der Waals surface area contributed by atoms with Gasteiger partial charge < -0.3 is 9.64 Å². The van der Waals surface area contributed by atoms with Gasteiger partial charge in [0.1, 0.15) is 0 Å². The van der Waals surface area contributed by atoms with E-state index in [0.29, 0.717) is 12.5 Å². The summed E-state index contributed by atoms with van der Waals surface area (Å²) in [6.07, 6.45) is 5.58. The molecule has 0 amide bonds. The molecule has 2 rings (SSSR count). The molecule has 1 unspecified atom stereocenters. The van der Waals surface area contributed by atoms with Gasteiger partial charge >= 0.3 is 0 Å². The van der Waals surface area contributed by atoms with Gasteiger partial charge in [-0.1, -0.05) is 30.3 Å². The van der Waals surface area contributed by atoms with Crippen LogP contribution in [0.5, 0.6) is 0 Å². The molecule has 1 aliphatic heterocycles. The maximum Gasteiger partial charge on any atom is 0.162 e. The number of carbonyl (C=O) groups is 1. The minimum absolute atomic E-state index is 0.243. The Kier molecular flexibility index (Phi) is 6.22. The second kappa shape index (κ2) is 8.18. The number of ether oxygens (including phenoxy) is 1. The third kappa shape index (κ3) is 5.06. The molecule has 1 heterocycles. The van der Waals surface area contributed by atoms with Crippen molar-refractivity contribution >= 4 is 5.78 Å². The molecule has 0 aliphatic carbocycles. The summed E-state index contributed by atoms with van der Waals surface area (Å²) in [6, 6.07) is 9.55. The number of carbonyl (C=O) groups excluding carboxylic acids is 1. The van der Waals surface area contributed by atoms with Crippen LogP contribution < -0.4 is 0 Å². The van der Waals surface area contributed by atoms with Crippen LogP contribution >= 0.6 is 0 Å². The highest BCUT2D eigenvalue weighted by Gasteiger charge is 2.15. The lowest BCUT2D eigenvalue weighted by molar-refractivity contribution is -0.00153. The summed E-state index contributed by atoms with van der Waals surface area (Å²) in [5.74, 6) is 0.243. The molecule has 0 N–H and O–H groups in total. The molecule has 20 heavy (non-hydrogen) atoms. The van der Waals surface area contributed by atoms with Crippen molar-refractivity contribution in [3.8, 4) is 0 Å². The van der Waals surface area contributed by atoms with Crippen LogP contribution in [0, 0.1) is 0 Å². The molecule has 0 spiro atoms. The zero-order chi connectivity index (χ0) is 14.2. The minimum Gasteiger partial charge on any atom is -0.377 e. The quantitative estimate of drug-likeness (QED) is 0.716. The van der Waals surface area contributed by atoms with E-state index in [1.165, 1.54) is 19.3 Å². The normalized spacial score (nSPS) is 19.2. The molecule has 3 heteroatoms. The molecule has 3 nitrogen and oxygen atoms in total. The molecule has 1 aromatic rings. The molecule has 0 radical (unpaired) electrons. The lowest BCUT2D eigenvalue weighted by atomic mass is 10.1. The fourth-order valence-electron chi connectivity index (χ4n) is 2.67. The van der Waals surface area contributed by atoms with Crippen LogP contribution in [0.15, 0.2) is 30.3 Å². The van der Waals surface area contributed by atoms with Crippen molar-refractivity contribution in [3.05, 3.63) is 35.9 Å². The minimum atomic E-state index is 0.243. The van der Waals surface area contributed by atoms with Crippen molar-refractivity contribution in [1.29, 1.82) is 0 Å². The predicted molar refractivity (Wildman–Crippen MR) is 81.1 cm³/mol. The van der Waals surface area contributed by atoms with Gasteiger partial charge in [0.2, 0.25) is 0 Å². The molecule has 0 saturated carbocycles. The first kappa shape index (κ1) is 15.2. The molecule has 1 fully saturated rings. The molecule has 0 bridgehead atoms. The third-order valence-electron chi connectivity index (χ3n) is 3.83. The summed E-state index contributed by atoms with van der Waals surface area (Å²) in [5.41, 5.74) is 0.825. The molecule has 1 aromatic carbocycles. The van der Waals surface area contributed by atoms with Crippen molar-refractivity contribution in [3.63, 3.8) is 0 Å². The van der Waals surface area contributed by atoms with Crippen LogP contribution in [0.3, 0.4) is 0 Å². The van der Waals surface area contributed by atoms with Crippen LogP contribution in [-0.4, -0.2) is 43.5 Å². The Labute approximate surface area is 121 Å². The van der Waals surface area contributed by atoms with Gasteiger partial charge in [-0.2, -0.15) is 0 Å². The van der Waals surface area contributed by atoms with Gasteiger partial charge in [-0.05, 0) is 39.3 Å². The summed E-state index contributed by atoms with van der Waals surface area (Å²) in [7, 11) is 2.12. The van der Waals surface area contributed by atoms with Gasteiger partial charge in [0, 0.05) is 25.1 Å². The van der Waals surface area contributed by atoms with Gasteiger partial charge in [-0.25, -0.2) is 0 Å². The second-order valence-electron chi connectivity index (χ2n) is 5.64. The number of hydrogen-bond donors (Lipinski definition) is 0. The Morgan fingerprint density at radius 2 is 2.10 bits per heavy atom. The Morgan fingerprint density at radius 1 is 1.30 bits per heavy atom. The average Bonchev–Trinajstić information content (AvgIpc) is 2.49. The Hall–Kier alpha value is -1.19. The zero-order valence-electron chi connectivity index (χ0n) is 12.4. The summed E-state index contributed by atoms with van der Waals surface area (Å²) < 4.78 is 5.74. The predicted octanol–water partition coefficient (Wildman–Crippen LogP) is 3.15. The number of benzene rings is 1. The van der Waals surface area contributed by atoms with E-state index in [9.17, 15) is 4.79 Å². The van der Waals surface area contributed by atoms with Crippen molar-refractivity contribution < 1.29 is 9.53 Å². The van der Waals surface area contributed by atoms with E-state index in [4.69, 9.17) is 4.74 Å². The van der Waals surface area contributed by atoms with Crippen LogP contribution in [-0.2, 0) is 4.74 Å². The number of Topliss-reactive ketones (excluding diaryl/α,β-unsaturated/α-hetero) is 1. The van der Waals surface area contributed by atoms with Gasteiger partial charge in [0.25, 0.3) is 0 Å². The fourth-order valence-corrected chi connectivity index (χ4v) is 2.67. The summed E-state index contributed by atoms with van der Waals surface area (Å²) in [4.78, 5) is 14.3. The summed E-state index contributed by atoms with van der Waals surface area (Å²) in [5, 5.41) is 0. The van der Waals surface area contributed by atoms with Crippen molar-refractivity contribution in [2.75, 3.05) is 26.7 Å². The maximum atomic E-state index is 12.0. The molecule has 0 aromatic heterocycles. The van der Waals surface area contributed by atoms with E-state index in [2.05, 4.69) is 11.9 Å². The van der Waals surface area contributed by atoms with Gasteiger partial charge in [-0.15, -0.1) is 0 Å². The van der Waals surface area contributed by atoms with E-state index in [0.717, 1.165) is 31.7 Å². The van der Waals surface area contributed by atoms with Crippen molar-refractivity contribution in [2.45, 2.75) is 38.2 Å². The standard InChI is InChI=1S/C17H25NO2/c1-18(14-16-10-5-6-13-20-16)12-7-11-17(19)15-8-3-2-4-9-15/h2-4,8-9,16H,5-7,10-14H2,1H3. The number of hydrogen-bond acceptors (Lipinski definition) is 3. The molecule has 110 valence electrons. The Balaban J connectivity index is 1.63. The lowest BCUT2D eigenvalue weighted by Crippen LogP contribution is -2.34. The van der Waals surface area contributed by atoms with Gasteiger partial charge in [0.15, 0.2) is 5.78 Å². The molecule has 1 saturated heterocycles. The van der Waals surface area contributed by atoms with Gasteiger partial charge in [0.05, 0.1) is 6.10 Å². The maximum absolute atomic E-state index is 12.0.